The Balaban J connectivity index is 2.52. The molecule has 0 fully saturated rings. The number of hydrogen-bond donors (Lipinski definition) is 2. The van der Waals surface area contributed by atoms with Crippen LogP contribution < -0.4 is 0 Å². The second-order valence-electron chi connectivity index (χ2n) is 4.77. The van der Waals surface area contributed by atoms with Gasteiger partial charge in [0.25, 0.3) is 0 Å². The molecule has 1 rings (SSSR count). The largest absolute Gasteiger partial charge is 0.396 e. The molecule has 0 bridgehead atoms. The summed E-state index contributed by atoms with van der Waals surface area (Å²) >= 11 is 1.79. The molecule has 3 atom stereocenters. The number of thioether (sulfide) groups is 1. The molecule has 0 aliphatic heterocycles. The van der Waals surface area contributed by atoms with E-state index in [0.717, 1.165) is 18.6 Å². The lowest BCUT2D eigenvalue weighted by Gasteiger charge is -2.26. The third kappa shape index (κ3) is 5.01. The van der Waals surface area contributed by atoms with Gasteiger partial charge in [-0.3, -0.25) is 0 Å². The summed E-state index contributed by atoms with van der Waals surface area (Å²) < 4.78 is 0. The molecule has 1 aromatic rings. The summed E-state index contributed by atoms with van der Waals surface area (Å²) in [6.07, 6.45) is 1.62. The van der Waals surface area contributed by atoms with Gasteiger partial charge in [-0.2, -0.15) is 11.8 Å². The zero-order chi connectivity index (χ0) is 13.4. The van der Waals surface area contributed by atoms with Crippen LogP contribution in [0.1, 0.15) is 32.3 Å². The predicted molar refractivity (Wildman–Crippen MR) is 78.7 cm³/mol. The van der Waals surface area contributed by atoms with Gasteiger partial charge < -0.3 is 10.2 Å². The maximum absolute atomic E-state index is 10.2. The van der Waals surface area contributed by atoms with Gasteiger partial charge in [-0.25, -0.2) is 0 Å². The van der Waals surface area contributed by atoms with Crippen LogP contribution in [0.5, 0.6) is 0 Å². The molecule has 3 heteroatoms. The van der Waals surface area contributed by atoms with Crippen molar-refractivity contribution < 1.29 is 10.2 Å². The van der Waals surface area contributed by atoms with Crippen LogP contribution >= 0.6 is 11.8 Å². The average Bonchev–Trinajstić information content (AvgIpc) is 2.43. The summed E-state index contributed by atoms with van der Waals surface area (Å²) in [5.41, 5.74) is 1.28. The average molecular weight is 268 g/mol. The molecule has 0 aliphatic carbocycles. The van der Waals surface area contributed by atoms with Gasteiger partial charge >= 0.3 is 0 Å². The molecule has 0 radical (unpaired) electrons. The lowest BCUT2D eigenvalue weighted by molar-refractivity contribution is 0.0734. The standard InChI is InChI=1S/C15H24O2S/c1-3-7-14(15(17)12(2)10-16)18-11-13-8-5-4-6-9-13/h4-6,8-9,12,14-17H,3,7,10-11H2,1-2H3/t12-,14-,15-/m1/s1. The summed E-state index contributed by atoms with van der Waals surface area (Å²) in [6, 6.07) is 10.3. The zero-order valence-electron chi connectivity index (χ0n) is 11.2. The van der Waals surface area contributed by atoms with Gasteiger partial charge in [0.2, 0.25) is 0 Å². The number of hydrogen-bond acceptors (Lipinski definition) is 3. The minimum Gasteiger partial charge on any atom is -0.396 e. The van der Waals surface area contributed by atoms with Crippen molar-refractivity contribution in [2.24, 2.45) is 5.92 Å². The van der Waals surface area contributed by atoms with Gasteiger partial charge in [0, 0.05) is 23.5 Å². The van der Waals surface area contributed by atoms with Crippen LogP contribution in [0.4, 0.5) is 0 Å². The number of aliphatic hydroxyl groups is 2. The summed E-state index contributed by atoms with van der Waals surface area (Å²) in [4.78, 5) is 0. The molecular formula is C15H24O2S. The highest BCUT2D eigenvalue weighted by atomic mass is 32.2. The van der Waals surface area contributed by atoms with E-state index in [1.165, 1.54) is 5.56 Å². The number of aliphatic hydroxyl groups excluding tert-OH is 2. The molecule has 0 heterocycles. The van der Waals surface area contributed by atoms with E-state index in [-0.39, 0.29) is 17.8 Å². The Morgan fingerprint density at radius 1 is 1.22 bits per heavy atom. The van der Waals surface area contributed by atoms with E-state index in [4.69, 9.17) is 5.11 Å². The van der Waals surface area contributed by atoms with E-state index in [1.54, 1.807) is 11.8 Å². The summed E-state index contributed by atoms with van der Waals surface area (Å²) in [5.74, 6) is 0.866. The molecule has 0 spiro atoms. The molecule has 0 unspecified atom stereocenters. The van der Waals surface area contributed by atoms with Crippen LogP contribution in [0, 0.1) is 5.92 Å². The molecular weight excluding hydrogens is 244 g/mol. The molecule has 2 N–H and O–H groups in total. The molecule has 1 aromatic carbocycles. The van der Waals surface area contributed by atoms with E-state index >= 15 is 0 Å². The number of rotatable bonds is 8. The second-order valence-corrected chi connectivity index (χ2v) is 6.00. The van der Waals surface area contributed by atoms with E-state index in [1.807, 2.05) is 25.1 Å². The molecule has 0 amide bonds. The summed E-state index contributed by atoms with van der Waals surface area (Å²) in [5, 5.41) is 19.5. The van der Waals surface area contributed by atoms with Crippen molar-refractivity contribution >= 4 is 11.8 Å². The normalized spacial score (nSPS) is 16.2. The van der Waals surface area contributed by atoms with Crippen LogP contribution in [0.25, 0.3) is 0 Å². The Morgan fingerprint density at radius 2 is 1.89 bits per heavy atom. The maximum Gasteiger partial charge on any atom is 0.0706 e. The Hall–Kier alpha value is -0.510. The van der Waals surface area contributed by atoms with Gasteiger partial charge in [0.1, 0.15) is 0 Å². The van der Waals surface area contributed by atoms with Crippen LogP contribution in [-0.2, 0) is 5.75 Å². The van der Waals surface area contributed by atoms with E-state index in [9.17, 15) is 5.11 Å². The molecule has 18 heavy (non-hydrogen) atoms. The van der Waals surface area contributed by atoms with Crippen molar-refractivity contribution in [1.82, 2.24) is 0 Å². The first kappa shape index (κ1) is 15.5. The minimum absolute atomic E-state index is 0.0489. The molecule has 0 saturated carbocycles. The van der Waals surface area contributed by atoms with Crippen molar-refractivity contribution in [1.29, 1.82) is 0 Å². The lowest BCUT2D eigenvalue weighted by atomic mass is 10.0. The fourth-order valence-corrected chi connectivity index (χ4v) is 3.36. The van der Waals surface area contributed by atoms with Crippen LogP contribution in [0.15, 0.2) is 30.3 Å². The minimum atomic E-state index is -0.427. The van der Waals surface area contributed by atoms with E-state index in [0.29, 0.717) is 0 Å². The van der Waals surface area contributed by atoms with Crippen molar-refractivity contribution in [3.8, 4) is 0 Å². The molecule has 2 nitrogen and oxygen atoms in total. The lowest BCUT2D eigenvalue weighted by Crippen LogP contribution is -2.32. The van der Waals surface area contributed by atoms with Gasteiger partial charge in [0.05, 0.1) is 6.10 Å². The van der Waals surface area contributed by atoms with Gasteiger partial charge in [-0.1, -0.05) is 50.6 Å². The predicted octanol–water partition coefficient (Wildman–Crippen LogP) is 3.08. The molecule has 102 valence electrons. The highest BCUT2D eigenvalue weighted by Crippen LogP contribution is 2.27. The smallest absolute Gasteiger partial charge is 0.0706 e. The van der Waals surface area contributed by atoms with Crippen molar-refractivity contribution in [3.63, 3.8) is 0 Å². The Labute approximate surface area is 114 Å². The number of benzene rings is 1. The molecule has 0 aliphatic rings. The third-order valence-corrected chi connectivity index (χ3v) is 4.57. The zero-order valence-corrected chi connectivity index (χ0v) is 12.1. The fraction of sp³-hybridized carbons (Fsp3) is 0.600. The summed E-state index contributed by atoms with van der Waals surface area (Å²) in [6.45, 7) is 4.08. The van der Waals surface area contributed by atoms with Gasteiger partial charge in [-0.05, 0) is 12.0 Å². The SMILES string of the molecule is CCC[C@@H](SCc1ccccc1)[C@H](O)[C@H](C)CO. The van der Waals surface area contributed by atoms with Crippen molar-refractivity contribution in [2.75, 3.05) is 6.61 Å². The summed E-state index contributed by atoms with van der Waals surface area (Å²) in [7, 11) is 0. The highest BCUT2D eigenvalue weighted by molar-refractivity contribution is 7.99. The molecule has 0 aromatic heterocycles. The Morgan fingerprint density at radius 3 is 2.44 bits per heavy atom. The Bertz CT molecular complexity index is 316. The maximum atomic E-state index is 10.2. The third-order valence-electron chi connectivity index (χ3n) is 3.13. The quantitative estimate of drug-likeness (QED) is 0.761. The first-order valence-corrected chi connectivity index (χ1v) is 7.68. The molecule has 0 saturated heterocycles. The second kappa shape index (κ2) is 8.57. The van der Waals surface area contributed by atoms with Crippen molar-refractivity contribution in [2.45, 2.75) is 43.8 Å². The van der Waals surface area contributed by atoms with Crippen LogP contribution in [-0.4, -0.2) is 28.2 Å². The van der Waals surface area contributed by atoms with Crippen LogP contribution in [0.3, 0.4) is 0 Å². The first-order chi connectivity index (χ1) is 8.69. The fourth-order valence-electron chi connectivity index (χ4n) is 1.89. The van der Waals surface area contributed by atoms with E-state index < -0.39 is 6.10 Å². The first-order valence-electron chi connectivity index (χ1n) is 6.63. The van der Waals surface area contributed by atoms with E-state index in [2.05, 4.69) is 19.1 Å². The highest BCUT2D eigenvalue weighted by Gasteiger charge is 2.23. The monoisotopic (exact) mass is 268 g/mol. The van der Waals surface area contributed by atoms with Crippen LogP contribution in [0.2, 0.25) is 0 Å². The van der Waals surface area contributed by atoms with Crippen molar-refractivity contribution in [3.05, 3.63) is 35.9 Å². The Kier molecular flexibility index (Phi) is 7.40. The van der Waals surface area contributed by atoms with Gasteiger partial charge in [-0.15, -0.1) is 0 Å². The van der Waals surface area contributed by atoms with Gasteiger partial charge in [0.15, 0.2) is 0 Å². The topological polar surface area (TPSA) is 40.5 Å².